The number of rotatable bonds is 5. The molecule has 1 aliphatic heterocycles. The molecular weight excluding hydrogens is 388 g/mol. The number of ether oxygens (including phenoxy) is 2. The molecule has 3 aromatic rings. The van der Waals surface area contributed by atoms with Crippen LogP contribution < -0.4 is 26.0 Å². The minimum absolute atomic E-state index is 0.0647. The van der Waals surface area contributed by atoms with E-state index in [0.717, 1.165) is 32.5 Å². The first-order valence-corrected chi connectivity index (χ1v) is 9.37. The van der Waals surface area contributed by atoms with Crippen molar-refractivity contribution < 1.29 is 14.3 Å². The summed E-state index contributed by atoms with van der Waals surface area (Å²) in [4.78, 5) is 37.2. The maximum absolute atomic E-state index is 13.1. The van der Waals surface area contributed by atoms with E-state index in [1.165, 1.54) is 14.0 Å². The Kier molecular flexibility index (Phi) is 5.09. The molecule has 0 spiro atoms. The van der Waals surface area contributed by atoms with Crippen LogP contribution in [-0.2, 0) is 17.8 Å². The molecule has 4 rings (SSSR count). The number of carbonyl (C=O) groups is 1. The summed E-state index contributed by atoms with van der Waals surface area (Å²) in [7, 11) is 1.32. The second kappa shape index (κ2) is 7.86. The van der Waals surface area contributed by atoms with Crippen LogP contribution in [0.5, 0.6) is 11.6 Å². The Morgan fingerprint density at radius 3 is 2.83 bits per heavy atom. The van der Waals surface area contributed by atoms with Gasteiger partial charge < -0.3 is 14.8 Å². The molecule has 0 radical (unpaired) electrons. The third-order valence-electron chi connectivity index (χ3n) is 4.73. The monoisotopic (exact) mass is 408 g/mol. The highest BCUT2D eigenvalue weighted by atomic mass is 16.5. The highest BCUT2D eigenvalue weighted by Crippen LogP contribution is 2.26. The van der Waals surface area contributed by atoms with Crippen molar-refractivity contribution in [3.63, 3.8) is 0 Å². The van der Waals surface area contributed by atoms with E-state index < -0.39 is 11.2 Å². The second-order valence-electron chi connectivity index (χ2n) is 6.87. The molecule has 154 valence electrons. The molecule has 9 nitrogen and oxygen atoms in total. The number of benzene rings is 2. The molecule has 0 saturated carbocycles. The molecule has 1 amide bonds. The maximum Gasteiger partial charge on any atom is 0.352 e. The molecule has 0 bridgehead atoms. The third-order valence-corrected chi connectivity index (χ3v) is 4.73. The van der Waals surface area contributed by atoms with Crippen molar-refractivity contribution in [2.24, 2.45) is 0 Å². The van der Waals surface area contributed by atoms with Gasteiger partial charge in [-0.1, -0.05) is 18.2 Å². The van der Waals surface area contributed by atoms with E-state index >= 15 is 0 Å². The van der Waals surface area contributed by atoms with Gasteiger partial charge >= 0.3 is 11.2 Å². The van der Waals surface area contributed by atoms with E-state index in [9.17, 15) is 14.4 Å². The van der Waals surface area contributed by atoms with E-state index in [1.807, 2.05) is 18.2 Å². The van der Waals surface area contributed by atoms with Crippen molar-refractivity contribution in [3.05, 3.63) is 74.4 Å². The molecule has 0 saturated heterocycles. The zero-order valence-corrected chi connectivity index (χ0v) is 16.5. The number of fused-ring (bicyclic) bond motifs is 1. The van der Waals surface area contributed by atoms with Gasteiger partial charge in [-0.3, -0.25) is 9.59 Å². The topological polar surface area (TPSA) is 104 Å². The van der Waals surface area contributed by atoms with Crippen molar-refractivity contribution in [1.29, 1.82) is 0 Å². The van der Waals surface area contributed by atoms with Gasteiger partial charge in [0.25, 0.3) is 5.88 Å². The van der Waals surface area contributed by atoms with Gasteiger partial charge in [-0.25, -0.2) is 9.36 Å². The van der Waals surface area contributed by atoms with Crippen LogP contribution in [0.3, 0.4) is 0 Å². The van der Waals surface area contributed by atoms with Crippen LogP contribution in [0.4, 0.5) is 5.69 Å². The summed E-state index contributed by atoms with van der Waals surface area (Å²) in [6, 6.07) is 12.2. The van der Waals surface area contributed by atoms with Crippen molar-refractivity contribution >= 4 is 11.6 Å². The zero-order chi connectivity index (χ0) is 21.3. The first-order valence-electron chi connectivity index (χ1n) is 9.37. The van der Waals surface area contributed by atoms with Crippen LogP contribution in [0.2, 0.25) is 0 Å². The zero-order valence-electron chi connectivity index (χ0n) is 16.5. The molecule has 0 unspecified atom stereocenters. The number of hydrogen-bond donors (Lipinski definition) is 1. The number of methoxy groups -OCH3 is 1. The van der Waals surface area contributed by atoms with Crippen LogP contribution in [0.25, 0.3) is 5.69 Å². The molecule has 9 heteroatoms. The largest absolute Gasteiger partial charge is 0.493 e. The number of nitrogens with one attached hydrogen (secondary N) is 1. The summed E-state index contributed by atoms with van der Waals surface area (Å²) in [6.07, 6.45) is 0.790. The normalized spacial score (nSPS) is 12.2. The Labute approximate surface area is 171 Å². The predicted octanol–water partition coefficient (Wildman–Crippen LogP) is 1.34. The van der Waals surface area contributed by atoms with Crippen LogP contribution in [0.1, 0.15) is 18.1 Å². The predicted molar refractivity (Wildman–Crippen MR) is 110 cm³/mol. The van der Waals surface area contributed by atoms with Crippen molar-refractivity contribution in [2.45, 2.75) is 19.9 Å². The molecule has 2 aromatic carbocycles. The van der Waals surface area contributed by atoms with Crippen molar-refractivity contribution in [1.82, 2.24) is 14.3 Å². The fourth-order valence-electron chi connectivity index (χ4n) is 3.37. The lowest BCUT2D eigenvalue weighted by Crippen LogP contribution is -2.41. The lowest BCUT2D eigenvalue weighted by Gasteiger charge is -2.13. The van der Waals surface area contributed by atoms with E-state index in [1.54, 1.807) is 24.3 Å². The Morgan fingerprint density at radius 1 is 1.23 bits per heavy atom. The summed E-state index contributed by atoms with van der Waals surface area (Å²) >= 11 is 0. The van der Waals surface area contributed by atoms with Gasteiger partial charge in [-0.05, 0) is 35.4 Å². The lowest BCUT2D eigenvalue weighted by atomic mass is 10.1. The first-order chi connectivity index (χ1) is 14.5. The second-order valence-corrected chi connectivity index (χ2v) is 6.87. The summed E-state index contributed by atoms with van der Waals surface area (Å²) in [6.45, 7) is 2.08. The molecule has 1 aliphatic rings. The van der Waals surface area contributed by atoms with Gasteiger partial charge in [0, 0.05) is 19.0 Å². The fourth-order valence-corrected chi connectivity index (χ4v) is 3.37. The first kappa shape index (κ1) is 19.4. The van der Waals surface area contributed by atoms with E-state index in [-0.39, 0.29) is 18.3 Å². The molecule has 0 atom stereocenters. The highest BCUT2D eigenvalue weighted by molar-refractivity contribution is 5.88. The molecular formula is C21H20N4O5. The van der Waals surface area contributed by atoms with Gasteiger partial charge in [-0.2, -0.15) is 4.68 Å². The molecule has 2 heterocycles. The molecule has 1 N–H and O–H groups in total. The molecule has 30 heavy (non-hydrogen) atoms. The van der Waals surface area contributed by atoms with Crippen LogP contribution in [0.15, 0.2) is 52.1 Å². The Bertz CT molecular complexity index is 1240. The number of carbonyl (C=O) groups excluding carboxylic acids is 1. The van der Waals surface area contributed by atoms with Crippen LogP contribution in [-0.4, -0.2) is 34.0 Å². The Balaban J connectivity index is 1.79. The van der Waals surface area contributed by atoms with Gasteiger partial charge in [0.1, 0.15) is 5.75 Å². The maximum atomic E-state index is 13.1. The lowest BCUT2D eigenvalue weighted by molar-refractivity contribution is -0.114. The van der Waals surface area contributed by atoms with Gasteiger partial charge in [-0.15, -0.1) is 5.10 Å². The smallest absolute Gasteiger partial charge is 0.352 e. The van der Waals surface area contributed by atoms with Crippen LogP contribution in [0, 0.1) is 0 Å². The SMILES string of the molecule is COc1nn(-c2cccc(NC(C)=O)c2)c(=O)n(Cc2ccc3c(c2)CCO3)c1=O. The average molecular weight is 408 g/mol. The summed E-state index contributed by atoms with van der Waals surface area (Å²) in [5.74, 6) is 0.380. The summed E-state index contributed by atoms with van der Waals surface area (Å²) < 4.78 is 12.8. The Hall–Kier alpha value is -3.88. The van der Waals surface area contributed by atoms with Crippen LogP contribution >= 0.6 is 0 Å². The minimum atomic E-state index is -0.617. The molecule has 1 aromatic heterocycles. The summed E-state index contributed by atoms with van der Waals surface area (Å²) in [5, 5.41) is 6.72. The standard InChI is InChI=1S/C21H20N4O5/c1-13(26)22-16-4-3-5-17(11-16)25-21(28)24(20(27)19(23-25)29-2)12-14-6-7-18-15(10-14)8-9-30-18/h3-7,10-11H,8-9,12H2,1-2H3,(H,22,26). The molecule has 0 fully saturated rings. The van der Waals surface area contributed by atoms with Crippen molar-refractivity contribution in [2.75, 3.05) is 19.0 Å². The number of nitrogens with zero attached hydrogens (tertiary/aromatic N) is 3. The number of hydrogen-bond acceptors (Lipinski definition) is 6. The highest BCUT2D eigenvalue weighted by Gasteiger charge is 2.17. The Morgan fingerprint density at radius 2 is 2.07 bits per heavy atom. The number of anilines is 1. The minimum Gasteiger partial charge on any atom is -0.493 e. The molecule has 0 aliphatic carbocycles. The van der Waals surface area contributed by atoms with Gasteiger partial charge in [0.15, 0.2) is 0 Å². The van der Waals surface area contributed by atoms with Crippen molar-refractivity contribution in [3.8, 4) is 17.3 Å². The van der Waals surface area contributed by atoms with Gasteiger partial charge in [0.2, 0.25) is 5.91 Å². The van der Waals surface area contributed by atoms with Gasteiger partial charge in [0.05, 0.1) is 25.9 Å². The quantitative estimate of drug-likeness (QED) is 0.683. The average Bonchev–Trinajstić information content (AvgIpc) is 3.19. The number of amides is 1. The number of aromatic nitrogens is 3. The van der Waals surface area contributed by atoms with E-state index in [4.69, 9.17) is 9.47 Å². The third kappa shape index (κ3) is 3.69. The summed E-state index contributed by atoms with van der Waals surface area (Å²) in [5.41, 5.74) is 1.51. The van der Waals surface area contributed by atoms with E-state index in [2.05, 4.69) is 10.4 Å². The fraction of sp³-hybridized carbons (Fsp3) is 0.238. The van der Waals surface area contributed by atoms with E-state index in [0.29, 0.717) is 18.0 Å².